The number of carbonyl (C=O) groups is 3. The quantitative estimate of drug-likeness (QED) is 0.605. The van der Waals surface area contributed by atoms with Gasteiger partial charge in [-0.15, -0.1) is 0 Å². The first-order valence-corrected chi connectivity index (χ1v) is 7.02. The van der Waals surface area contributed by atoms with Crippen LogP contribution in [0.4, 0.5) is 4.79 Å². The molecule has 0 aromatic heterocycles. The van der Waals surface area contributed by atoms with Crippen LogP contribution in [-0.2, 0) is 9.59 Å². The van der Waals surface area contributed by atoms with Crippen LogP contribution in [0.5, 0.6) is 0 Å². The maximum atomic E-state index is 11.7. The summed E-state index contributed by atoms with van der Waals surface area (Å²) in [5.41, 5.74) is 0. The van der Waals surface area contributed by atoms with Gasteiger partial charge in [-0.05, 0) is 33.2 Å². The molecule has 0 atom stereocenters. The minimum atomic E-state index is -0.458. The van der Waals surface area contributed by atoms with Gasteiger partial charge in [0.2, 0.25) is 11.8 Å². The Hall–Kier alpha value is -1.63. The van der Waals surface area contributed by atoms with Crippen LogP contribution in [0.15, 0.2) is 0 Å². The molecule has 0 saturated heterocycles. The molecule has 0 aromatic carbocycles. The minimum Gasteiger partial charge on any atom is -0.353 e. The second kappa shape index (κ2) is 7.84. The predicted molar refractivity (Wildman–Crippen MR) is 75.1 cm³/mol. The monoisotopic (exact) mass is 284 g/mol. The molecule has 7 nitrogen and oxygen atoms in total. The van der Waals surface area contributed by atoms with Crippen molar-refractivity contribution in [1.82, 2.24) is 20.9 Å². The summed E-state index contributed by atoms with van der Waals surface area (Å²) in [5, 5.41) is 7.71. The Kier molecular flexibility index (Phi) is 6.44. The lowest BCUT2D eigenvalue weighted by Crippen LogP contribution is -2.47. The Morgan fingerprint density at radius 2 is 1.75 bits per heavy atom. The van der Waals surface area contributed by atoms with Gasteiger partial charge in [-0.1, -0.05) is 6.92 Å². The summed E-state index contributed by atoms with van der Waals surface area (Å²) in [5.74, 6) is -0.528. The molecular weight excluding hydrogens is 260 g/mol. The van der Waals surface area contributed by atoms with Crippen LogP contribution in [0.25, 0.3) is 0 Å². The first-order chi connectivity index (χ1) is 9.40. The number of nitrogens with zero attached hydrogens (tertiary/aromatic N) is 1. The molecule has 4 amide bonds. The molecule has 3 N–H and O–H groups in total. The molecule has 0 bridgehead atoms. The van der Waals surface area contributed by atoms with Crippen LogP contribution in [0, 0.1) is 0 Å². The standard InChI is InChI=1S/C13H24N4O3/c1-4-17(7-11(18)14-9(2)3)8-12(19)16-13(20)15-10-5-6-10/h9-10H,4-8H2,1-3H3,(H,14,18)(H2,15,16,19,20). The molecule has 1 aliphatic rings. The second-order valence-corrected chi connectivity index (χ2v) is 5.32. The SMILES string of the molecule is CCN(CC(=O)NC(=O)NC1CC1)CC(=O)NC(C)C. The van der Waals surface area contributed by atoms with Crippen molar-refractivity contribution in [2.24, 2.45) is 0 Å². The first kappa shape index (κ1) is 16.4. The third-order valence-corrected chi connectivity index (χ3v) is 2.80. The Bertz CT molecular complexity index is 367. The fraction of sp³-hybridized carbons (Fsp3) is 0.769. The van der Waals surface area contributed by atoms with Gasteiger partial charge in [0, 0.05) is 12.1 Å². The van der Waals surface area contributed by atoms with Crippen molar-refractivity contribution in [2.45, 2.75) is 45.7 Å². The van der Waals surface area contributed by atoms with E-state index in [1.807, 2.05) is 20.8 Å². The summed E-state index contributed by atoms with van der Waals surface area (Å²) in [4.78, 5) is 36.4. The van der Waals surface area contributed by atoms with E-state index in [9.17, 15) is 14.4 Å². The lowest BCUT2D eigenvalue weighted by molar-refractivity contribution is -0.124. The number of likely N-dealkylation sites (N-methyl/N-ethyl adjacent to an activating group) is 1. The van der Waals surface area contributed by atoms with Crippen molar-refractivity contribution in [2.75, 3.05) is 19.6 Å². The minimum absolute atomic E-state index is 0.0279. The van der Waals surface area contributed by atoms with E-state index in [1.165, 1.54) is 0 Å². The third kappa shape index (κ3) is 7.08. The molecule has 0 spiro atoms. The molecule has 0 radical (unpaired) electrons. The topological polar surface area (TPSA) is 90.5 Å². The molecule has 20 heavy (non-hydrogen) atoms. The van der Waals surface area contributed by atoms with Gasteiger partial charge in [0.05, 0.1) is 13.1 Å². The molecule has 0 unspecified atom stereocenters. The highest BCUT2D eigenvalue weighted by Crippen LogP contribution is 2.18. The Morgan fingerprint density at radius 1 is 1.15 bits per heavy atom. The van der Waals surface area contributed by atoms with E-state index >= 15 is 0 Å². The first-order valence-electron chi connectivity index (χ1n) is 7.02. The van der Waals surface area contributed by atoms with Crippen molar-refractivity contribution in [3.63, 3.8) is 0 Å². The molecule has 0 aromatic rings. The Balaban J connectivity index is 2.28. The van der Waals surface area contributed by atoms with Crippen LogP contribution in [0.3, 0.4) is 0 Å². The van der Waals surface area contributed by atoms with Crippen molar-refractivity contribution in [1.29, 1.82) is 0 Å². The zero-order chi connectivity index (χ0) is 15.1. The smallest absolute Gasteiger partial charge is 0.321 e. The van der Waals surface area contributed by atoms with Crippen molar-refractivity contribution in [3.05, 3.63) is 0 Å². The average Bonchev–Trinajstić information content (AvgIpc) is 3.10. The number of nitrogens with one attached hydrogen (secondary N) is 3. The highest BCUT2D eigenvalue weighted by atomic mass is 16.2. The highest BCUT2D eigenvalue weighted by Gasteiger charge is 2.24. The molecule has 7 heteroatoms. The maximum Gasteiger partial charge on any atom is 0.321 e. The number of imide groups is 1. The number of hydrogen-bond donors (Lipinski definition) is 3. The maximum absolute atomic E-state index is 11.7. The molecule has 0 heterocycles. The third-order valence-electron chi connectivity index (χ3n) is 2.80. The average molecular weight is 284 g/mol. The van der Waals surface area contributed by atoms with Crippen LogP contribution < -0.4 is 16.0 Å². The van der Waals surface area contributed by atoms with Crippen LogP contribution in [0.2, 0.25) is 0 Å². The van der Waals surface area contributed by atoms with Gasteiger partial charge in [0.1, 0.15) is 0 Å². The largest absolute Gasteiger partial charge is 0.353 e. The zero-order valence-electron chi connectivity index (χ0n) is 12.4. The molecule has 0 aliphatic heterocycles. The van der Waals surface area contributed by atoms with Gasteiger partial charge in [-0.25, -0.2) is 4.79 Å². The lowest BCUT2D eigenvalue weighted by atomic mass is 10.3. The summed E-state index contributed by atoms with van der Waals surface area (Å²) in [6, 6.07) is -0.179. The van der Waals surface area contributed by atoms with Gasteiger partial charge >= 0.3 is 6.03 Å². The summed E-state index contributed by atoms with van der Waals surface area (Å²) in [7, 11) is 0. The summed E-state index contributed by atoms with van der Waals surface area (Å²) in [6.45, 7) is 6.35. The van der Waals surface area contributed by atoms with E-state index in [2.05, 4.69) is 16.0 Å². The molecule has 114 valence electrons. The molecule has 1 rings (SSSR count). The zero-order valence-corrected chi connectivity index (χ0v) is 12.4. The van der Waals surface area contributed by atoms with Gasteiger partial charge < -0.3 is 10.6 Å². The van der Waals surface area contributed by atoms with E-state index < -0.39 is 11.9 Å². The summed E-state index contributed by atoms with van der Waals surface area (Å²) >= 11 is 0. The van der Waals surface area contributed by atoms with Crippen molar-refractivity contribution < 1.29 is 14.4 Å². The van der Waals surface area contributed by atoms with E-state index in [0.717, 1.165) is 12.8 Å². The molecular formula is C13H24N4O3. The fourth-order valence-electron chi connectivity index (χ4n) is 1.67. The van der Waals surface area contributed by atoms with E-state index in [-0.39, 0.29) is 31.1 Å². The summed E-state index contributed by atoms with van der Waals surface area (Å²) < 4.78 is 0. The molecule has 1 aliphatic carbocycles. The number of urea groups is 1. The number of carbonyl (C=O) groups excluding carboxylic acids is 3. The second-order valence-electron chi connectivity index (χ2n) is 5.32. The van der Waals surface area contributed by atoms with Gasteiger partial charge in [0.25, 0.3) is 0 Å². The molecule has 1 fully saturated rings. The number of hydrogen-bond acceptors (Lipinski definition) is 4. The van der Waals surface area contributed by atoms with Crippen LogP contribution >= 0.6 is 0 Å². The summed E-state index contributed by atoms with van der Waals surface area (Å²) in [6.07, 6.45) is 1.94. The van der Waals surface area contributed by atoms with E-state index in [4.69, 9.17) is 0 Å². The fourth-order valence-corrected chi connectivity index (χ4v) is 1.67. The van der Waals surface area contributed by atoms with E-state index in [0.29, 0.717) is 6.54 Å². The van der Waals surface area contributed by atoms with Crippen LogP contribution in [-0.4, -0.2) is 54.5 Å². The van der Waals surface area contributed by atoms with Gasteiger partial charge in [-0.3, -0.25) is 19.8 Å². The Morgan fingerprint density at radius 3 is 2.25 bits per heavy atom. The highest BCUT2D eigenvalue weighted by molar-refractivity contribution is 5.95. The van der Waals surface area contributed by atoms with Crippen molar-refractivity contribution >= 4 is 17.8 Å². The van der Waals surface area contributed by atoms with Crippen molar-refractivity contribution in [3.8, 4) is 0 Å². The normalized spacial score (nSPS) is 14.2. The Labute approximate surface area is 119 Å². The predicted octanol–water partition coefficient (Wildman–Crippen LogP) is -0.179. The molecule has 1 saturated carbocycles. The van der Waals surface area contributed by atoms with Gasteiger partial charge in [-0.2, -0.15) is 0 Å². The number of rotatable bonds is 7. The van der Waals surface area contributed by atoms with Gasteiger partial charge in [0.15, 0.2) is 0 Å². The lowest BCUT2D eigenvalue weighted by Gasteiger charge is -2.19. The van der Waals surface area contributed by atoms with Crippen LogP contribution in [0.1, 0.15) is 33.6 Å². The number of amides is 4. The van der Waals surface area contributed by atoms with E-state index in [1.54, 1.807) is 4.90 Å².